The number of likely N-dealkylation sites (tertiary alicyclic amines) is 2. The molecule has 2 aromatic rings. The molecule has 4 rings (SSSR count). The number of carbonyl (C=O) groups is 1. The van der Waals surface area contributed by atoms with Crippen LogP contribution < -0.4 is 0 Å². The van der Waals surface area contributed by atoms with Gasteiger partial charge in [0, 0.05) is 41.8 Å². The molecule has 4 nitrogen and oxygen atoms in total. The lowest BCUT2D eigenvalue weighted by Gasteiger charge is -2.39. The van der Waals surface area contributed by atoms with Crippen molar-refractivity contribution >= 4 is 17.2 Å². The second-order valence-corrected chi connectivity index (χ2v) is 8.88. The van der Waals surface area contributed by atoms with Crippen LogP contribution in [-0.4, -0.2) is 46.9 Å². The maximum absolute atomic E-state index is 12.7. The van der Waals surface area contributed by atoms with E-state index in [-0.39, 0.29) is 5.91 Å². The first kappa shape index (κ1) is 16.7. The molecule has 0 saturated carbocycles. The molecule has 0 aliphatic carbocycles. The lowest BCUT2D eigenvalue weighted by Crippen LogP contribution is -2.41. The number of aryl methyl sites for hydroxylation is 1. The molecule has 5 heteroatoms. The molecular formula is C20H25N3OS. The van der Waals surface area contributed by atoms with E-state index in [4.69, 9.17) is 0 Å². The van der Waals surface area contributed by atoms with E-state index < -0.39 is 0 Å². The summed E-state index contributed by atoms with van der Waals surface area (Å²) < 4.78 is 0. The van der Waals surface area contributed by atoms with Gasteiger partial charge in [0.05, 0.1) is 5.56 Å². The predicted molar refractivity (Wildman–Crippen MR) is 101 cm³/mol. The summed E-state index contributed by atoms with van der Waals surface area (Å²) >= 11 is 1.91. The van der Waals surface area contributed by atoms with Crippen LogP contribution in [0.2, 0.25) is 0 Å². The van der Waals surface area contributed by atoms with E-state index in [1.807, 2.05) is 28.4 Å². The zero-order valence-electron chi connectivity index (χ0n) is 14.8. The third-order valence-corrected chi connectivity index (χ3v) is 6.71. The number of carbonyl (C=O) groups excluding carboxylic acids is 1. The van der Waals surface area contributed by atoms with Gasteiger partial charge < -0.3 is 4.90 Å². The largest absolute Gasteiger partial charge is 0.338 e. The van der Waals surface area contributed by atoms with Crippen LogP contribution in [0.1, 0.15) is 39.4 Å². The van der Waals surface area contributed by atoms with Crippen molar-refractivity contribution in [3.63, 3.8) is 0 Å². The first-order valence-electron chi connectivity index (χ1n) is 9.11. The Labute approximate surface area is 153 Å². The van der Waals surface area contributed by atoms with Crippen molar-refractivity contribution in [2.75, 3.05) is 26.2 Å². The Morgan fingerprint density at radius 3 is 2.68 bits per heavy atom. The molecule has 2 fully saturated rings. The van der Waals surface area contributed by atoms with Crippen LogP contribution in [0.15, 0.2) is 36.7 Å². The quantitative estimate of drug-likeness (QED) is 0.844. The van der Waals surface area contributed by atoms with Gasteiger partial charge in [0.25, 0.3) is 5.91 Å². The van der Waals surface area contributed by atoms with E-state index in [9.17, 15) is 4.79 Å². The van der Waals surface area contributed by atoms with Crippen LogP contribution in [0, 0.1) is 12.3 Å². The topological polar surface area (TPSA) is 36.4 Å². The fourth-order valence-corrected chi connectivity index (χ4v) is 5.10. The average Bonchev–Trinajstić information content (AvgIpc) is 3.24. The molecule has 4 heterocycles. The highest BCUT2D eigenvalue weighted by Gasteiger charge is 2.42. The fraction of sp³-hybridized carbons (Fsp3) is 0.500. The number of hydrogen-bond donors (Lipinski definition) is 0. The molecule has 132 valence electrons. The van der Waals surface area contributed by atoms with Gasteiger partial charge in [-0.2, -0.15) is 0 Å². The molecule has 2 aliphatic rings. The predicted octanol–water partition coefficient (Wildman–Crippen LogP) is 3.58. The molecule has 1 amide bonds. The number of piperidine rings is 1. The SMILES string of the molecule is Cc1ccc(CN2CCC3(CC2)CCN(C(=O)c2cccnc2)C3)s1. The highest BCUT2D eigenvalue weighted by atomic mass is 32.1. The molecule has 2 aromatic heterocycles. The van der Waals surface area contributed by atoms with E-state index in [2.05, 4.69) is 28.9 Å². The average molecular weight is 356 g/mol. The molecule has 2 aliphatic heterocycles. The minimum atomic E-state index is 0.140. The van der Waals surface area contributed by atoms with E-state index in [1.54, 1.807) is 12.4 Å². The van der Waals surface area contributed by atoms with Crippen LogP contribution in [0.3, 0.4) is 0 Å². The Morgan fingerprint density at radius 2 is 2.00 bits per heavy atom. The van der Waals surface area contributed by atoms with Crippen LogP contribution in [0.5, 0.6) is 0 Å². The first-order chi connectivity index (χ1) is 12.1. The number of amides is 1. The standard InChI is InChI=1S/C20H25N3OS/c1-16-4-5-18(25-16)14-22-10-6-20(7-11-22)8-12-23(15-20)19(24)17-3-2-9-21-13-17/h2-5,9,13H,6-8,10-12,14-15H2,1H3. The van der Waals surface area contributed by atoms with Gasteiger partial charge in [0.2, 0.25) is 0 Å². The van der Waals surface area contributed by atoms with Crippen molar-refractivity contribution in [3.05, 3.63) is 52.0 Å². The summed E-state index contributed by atoms with van der Waals surface area (Å²) in [4.78, 5) is 24.2. The van der Waals surface area contributed by atoms with Gasteiger partial charge in [-0.05, 0) is 69.0 Å². The maximum Gasteiger partial charge on any atom is 0.255 e. The first-order valence-corrected chi connectivity index (χ1v) is 9.92. The molecule has 1 spiro atoms. The zero-order chi connectivity index (χ0) is 17.3. The van der Waals surface area contributed by atoms with Gasteiger partial charge in [0.15, 0.2) is 0 Å². The minimum Gasteiger partial charge on any atom is -0.338 e. The molecule has 0 aromatic carbocycles. The molecule has 0 atom stereocenters. The summed E-state index contributed by atoms with van der Waals surface area (Å²) in [6.07, 6.45) is 6.94. The zero-order valence-corrected chi connectivity index (χ0v) is 15.6. The highest BCUT2D eigenvalue weighted by Crippen LogP contribution is 2.41. The van der Waals surface area contributed by atoms with E-state index in [0.29, 0.717) is 11.0 Å². The van der Waals surface area contributed by atoms with Crippen LogP contribution >= 0.6 is 11.3 Å². The van der Waals surface area contributed by atoms with Crippen molar-refractivity contribution in [3.8, 4) is 0 Å². The Hall–Kier alpha value is -1.72. The second-order valence-electron chi connectivity index (χ2n) is 7.51. The number of pyridine rings is 1. The molecular weight excluding hydrogens is 330 g/mol. The minimum absolute atomic E-state index is 0.140. The summed E-state index contributed by atoms with van der Waals surface area (Å²) in [5, 5.41) is 0. The third kappa shape index (κ3) is 3.62. The number of hydrogen-bond acceptors (Lipinski definition) is 4. The summed E-state index contributed by atoms with van der Waals surface area (Å²) in [5.41, 5.74) is 1.05. The lowest BCUT2D eigenvalue weighted by atomic mass is 9.78. The smallest absolute Gasteiger partial charge is 0.255 e. The van der Waals surface area contributed by atoms with Gasteiger partial charge in [0.1, 0.15) is 0 Å². The summed E-state index contributed by atoms with van der Waals surface area (Å²) in [7, 11) is 0. The number of thiophene rings is 1. The van der Waals surface area contributed by atoms with Gasteiger partial charge in [-0.15, -0.1) is 11.3 Å². The fourth-order valence-electron chi connectivity index (χ4n) is 4.16. The highest BCUT2D eigenvalue weighted by molar-refractivity contribution is 7.11. The number of aromatic nitrogens is 1. The molecule has 0 unspecified atom stereocenters. The molecule has 25 heavy (non-hydrogen) atoms. The second kappa shape index (κ2) is 6.89. The van der Waals surface area contributed by atoms with Gasteiger partial charge in [-0.1, -0.05) is 0 Å². The Morgan fingerprint density at radius 1 is 1.20 bits per heavy atom. The van der Waals surface area contributed by atoms with Crippen molar-refractivity contribution in [1.29, 1.82) is 0 Å². The van der Waals surface area contributed by atoms with Crippen molar-refractivity contribution in [2.24, 2.45) is 5.41 Å². The van der Waals surface area contributed by atoms with Crippen molar-refractivity contribution in [1.82, 2.24) is 14.8 Å². The summed E-state index contributed by atoms with van der Waals surface area (Å²) in [5.74, 6) is 0.140. The van der Waals surface area contributed by atoms with E-state index in [0.717, 1.165) is 39.1 Å². The molecule has 0 radical (unpaired) electrons. The Balaban J connectivity index is 1.33. The van der Waals surface area contributed by atoms with E-state index >= 15 is 0 Å². The van der Waals surface area contributed by atoms with Gasteiger partial charge >= 0.3 is 0 Å². The Kier molecular flexibility index (Phi) is 4.61. The van der Waals surface area contributed by atoms with Gasteiger partial charge in [-0.3, -0.25) is 14.7 Å². The van der Waals surface area contributed by atoms with Crippen LogP contribution in [0.25, 0.3) is 0 Å². The maximum atomic E-state index is 12.7. The van der Waals surface area contributed by atoms with Crippen LogP contribution in [0.4, 0.5) is 0 Å². The molecule has 0 bridgehead atoms. The molecule has 0 N–H and O–H groups in total. The third-order valence-electron chi connectivity index (χ3n) is 5.73. The van der Waals surface area contributed by atoms with Gasteiger partial charge in [-0.25, -0.2) is 0 Å². The van der Waals surface area contributed by atoms with Crippen molar-refractivity contribution in [2.45, 2.75) is 32.7 Å². The molecule has 2 saturated heterocycles. The Bertz CT molecular complexity index is 734. The lowest BCUT2D eigenvalue weighted by molar-refractivity contribution is 0.0714. The normalized spacial score (nSPS) is 20.3. The number of rotatable bonds is 3. The van der Waals surface area contributed by atoms with E-state index in [1.165, 1.54) is 22.6 Å². The van der Waals surface area contributed by atoms with Crippen molar-refractivity contribution < 1.29 is 4.79 Å². The number of nitrogens with zero attached hydrogens (tertiary/aromatic N) is 3. The summed E-state index contributed by atoms with van der Waals surface area (Å²) in [6, 6.07) is 8.17. The summed E-state index contributed by atoms with van der Waals surface area (Å²) in [6.45, 7) is 7.33. The monoisotopic (exact) mass is 355 g/mol. The van der Waals surface area contributed by atoms with Crippen LogP contribution in [-0.2, 0) is 6.54 Å².